The van der Waals surface area contributed by atoms with Crippen molar-refractivity contribution in [1.82, 2.24) is 0 Å². The fraction of sp³-hybridized carbons (Fsp3) is 0.667. The Balaban J connectivity index is 1.92. The molecule has 1 aliphatic rings. The molecule has 0 unspecified atom stereocenters. The lowest BCUT2D eigenvalue weighted by atomic mass is 10.1. The van der Waals surface area contributed by atoms with E-state index in [9.17, 15) is 4.79 Å². The van der Waals surface area contributed by atoms with Gasteiger partial charge in [-0.1, -0.05) is 56.2 Å². The summed E-state index contributed by atoms with van der Waals surface area (Å²) in [5, 5.41) is 0. The van der Waals surface area contributed by atoms with E-state index in [1.165, 1.54) is 32.8 Å². The fourth-order valence-electron chi connectivity index (χ4n) is 2.59. The third-order valence-electron chi connectivity index (χ3n) is 4.17. The molecule has 0 bridgehead atoms. The molecule has 0 N–H and O–H groups in total. The van der Waals surface area contributed by atoms with Crippen molar-refractivity contribution in [2.45, 2.75) is 83.3 Å². The van der Waals surface area contributed by atoms with Gasteiger partial charge in [-0.25, -0.2) is 0 Å². The summed E-state index contributed by atoms with van der Waals surface area (Å²) in [7, 11) is 1.43. The molecule has 1 aliphatic heterocycles. The van der Waals surface area contributed by atoms with E-state index < -0.39 is 0 Å². The molecule has 0 spiro atoms. The van der Waals surface area contributed by atoms with E-state index in [2.05, 4.69) is 48.1 Å². The smallest absolute Gasteiger partial charge is 0.305 e. The molecule has 0 radical (unpaired) electrons. The van der Waals surface area contributed by atoms with Crippen molar-refractivity contribution in [2.75, 3.05) is 7.11 Å². The maximum atomic E-state index is 11.0. The lowest BCUT2D eigenvalue weighted by molar-refractivity contribution is -0.140. The molecule has 1 rings (SSSR count). The number of carbonyl (C=O) groups is 1. The minimum atomic E-state index is -0.130. The molecule has 0 saturated carbocycles. The zero-order chi connectivity index (χ0) is 17.5. The zero-order valence-corrected chi connectivity index (χ0v) is 15.4. The van der Waals surface area contributed by atoms with Crippen LogP contribution in [0.3, 0.4) is 0 Å². The third kappa shape index (κ3) is 11.2. The molecule has 1 heterocycles. The molecule has 0 amide bonds. The van der Waals surface area contributed by atoms with Gasteiger partial charge in [-0.05, 0) is 44.9 Å². The first-order valence-corrected chi connectivity index (χ1v) is 9.45. The third-order valence-corrected chi connectivity index (χ3v) is 4.17. The Hall–Kier alpha value is -1.35. The predicted octanol–water partition coefficient (Wildman–Crippen LogP) is 5.52. The van der Waals surface area contributed by atoms with Crippen molar-refractivity contribution in [2.24, 2.45) is 0 Å². The molecule has 0 aliphatic carbocycles. The summed E-state index contributed by atoms with van der Waals surface area (Å²) in [5.74, 6) is -0.130. The number of hydrogen-bond donors (Lipinski definition) is 0. The van der Waals surface area contributed by atoms with Gasteiger partial charge in [0.05, 0.1) is 19.3 Å². The first-order chi connectivity index (χ1) is 11.8. The van der Waals surface area contributed by atoms with Crippen LogP contribution in [-0.2, 0) is 14.3 Å². The van der Waals surface area contributed by atoms with Crippen LogP contribution in [0, 0.1) is 0 Å². The molecule has 2 atom stereocenters. The summed E-state index contributed by atoms with van der Waals surface area (Å²) in [6.07, 6.45) is 24.6. The highest BCUT2D eigenvalue weighted by atomic mass is 16.6. The number of esters is 1. The van der Waals surface area contributed by atoms with E-state index in [0.29, 0.717) is 18.6 Å². The number of methoxy groups -OCH3 is 1. The largest absolute Gasteiger partial charge is 0.469 e. The van der Waals surface area contributed by atoms with Crippen LogP contribution in [-0.4, -0.2) is 25.3 Å². The SMILES string of the molecule is CCCCC/C=C\C/C=C\C/C=C\C[C@H]1O[C@@H]1CCCC(=O)OC. The maximum absolute atomic E-state index is 11.0. The molecule has 3 nitrogen and oxygen atoms in total. The molecule has 1 saturated heterocycles. The van der Waals surface area contributed by atoms with E-state index in [4.69, 9.17) is 4.74 Å². The molecule has 24 heavy (non-hydrogen) atoms. The summed E-state index contributed by atoms with van der Waals surface area (Å²) in [4.78, 5) is 11.0. The molecule has 0 aromatic heterocycles. The summed E-state index contributed by atoms with van der Waals surface area (Å²) in [5.41, 5.74) is 0. The summed E-state index contributed by atoms with van der Waals surface area (Å²) in [6, 6.07) is 0. The number of allylic oxidation sites excluding steroid dienone is 5. The predicted molar refractivity (Wildman–Crippen MR) is 99.9 cm³/mol. The topological polar surface area (TPSA) is 38.8 Å². The Bertz CT molecular complexity index is 409. The summed E-state index contributed by atoms with van der Waals surface area (Å²) < 4.78 is 10.2. The van der Waals surface area contributed by atoms with Crippen molar-refractivity contribution >= 4 is 5.97 Å². The van der Waals surface area contributed by atoms with Crippen molar-refractivity contribution in [3.63, 3.8) is 0 Å². The van der Waals surface area contributed by atoms with Crippen LogP contribution in [0.15, 0.2) is 36.5 Å². The van der Waals surface area contributed by atoms with Crippen LogP contribution in [0.2, 0.25) is 0 Å². The second-order valence-electron chi connectivity index (χ2n) is 6.30. The second kappa shape index (κ2) is 14.0. The molecule has 1 fully saturated rings. The average Bonchev–Trinajstić information content (AvgIpc) is 3.34. The molecule has 0 aromatic carbocycles. The molecular formula is C21H34O3. The Labute approximate surface area is 147 Å². The monoisotopic (exact) mass is 334 g/mol. The van der Waals surface area contributed by atoms with Crippen molar-refractivity contribution < 1.29 is 14.3 Å². The van der Waals surface area contributed by atoms with Crippen molar-refractivity contribution in [1.29, 1.82) is 0 Å². The second-order valence-corrected chi connectivity index (χ2v) is 6.30. The van der Waals surface area contributed by atoms with Gasteiger partial charge in [0.2, 0.25) is 0 Å². The number of ether oxygens (including phenoxy) is 2. The van der Waals surface area contributed by atoms with Crippen LogP contribution in [0.1, 0.15) is 71.1 Å². The standard InChI is InChI=1S/C21H34O3/c1-3-4-5-6-7-8-9-10-11-12-13-14-16-19-20(24-19)17-15-18-21(22)23-2/h7-8,10-11,13-14,19-20H,3-6,9,12,15-18H2,1-2H3/b8-7-,11-10-,14-13-/t19-,20-/m1/s1. The Morgan fingerprint density at radius 1 is 0.958 bits per heavy atom. The molecule has 3 heteroatoms. The lowest BCUT2D eigenvalue weighted by Crippen LogP contribution is -2.01. The highest BCUT2D eigenvalue weighted by molar-refractivity contribution is 5.68. The van der Waals surface area contributed by atoms with Crippen molar-refractivity contribution in [3.05, 3.63) is 36.5 Å². The van der Waals surface area contributed by atoms with Crippen LogP contribution in [0.25, 0.3) is 0 Å². The summed E-state index contributed by atoms with van der Waals surface area (Å²) >= 11 is 0. The van der Waals surface area contributed by atoms with Crippen LogP contribution < -0.4 is 0 Å². The number of hydrogen-bond acceptors (Lipinski definition) is 3. The van der Waals surface area contributed by atoms with Gasteiger partial charge in [-0.15, -0.1) is 0 Å². The number of epoxide rings is 1. The van der Waals surface area contributed by atoms with Crippen LogP contribution >= 0.6 is 0 Å². The number of carbonyl (C=O) groups excluding carboxylic acids is 1. The summed E-state index contributed by atoms with van der Waals surface area (Å²) in [6.45, 7) is 2.24. The first-order valence-electron chi connectivity index (χ1n) is 9.45. The fourth-order valence-corrected chi connectivity index (χ4v) is 2.59. The lowest BCUT2D eigenvalue weighted by Gasteiger charge is -1.96. The Morgan fingerprint density at radius 3 is 2.38 bits per heavy atom. The zero-order valence-electron chi connectivity index (χ0n) is 15.4. The normalized spacial score (nSPS) is 20.4. The average molecular weight is 335 g/mol. The van der Waals surface area contributed by atoms with Gasteiger partial charge in [-0.2, -0.15) is 0 Å². The van der Waals surface area contributed by atoms with E-state index in [1.807, 2.05) is 0 Å². The van der Waals surface area contributed by atoms with Gasteiger partial charge in [0.25, 0.3) is 0 Å². The highest BCUT2D eigenvalue weighted by Crippen LogP contribution is 2.30. The van der Waals surface area contributed by atoms with E-state index in [-0.39, 0.29) is 5.97 Å². The van der Waals surface area contributed by atoms with Gasteiger partial charge in [0.15, 0.2) is 0 Å². The van der Waals surface area contributed by atoms with Crippen LogP contribution in [0.5, 0.6) is 0 Å². The van der Waals surface area contributed by atoms with Gasteiger partial charge >= 0.3 is 5.97 Å². The van der Waals surface area contributed by atoms with Gasteiger partial charge < -0.3 is 9.47 Å². The quantitative estimate of drug-likeness (QED) is 0.182. The molecule has 0 aromatic rings. The Kier molecular flexibility index (Phi) is 12.1. The number of rotatable bonds is 14. The van der Waals surface area contributed by atoms with Crippen LogP contribution in [0.4, 0.5) is 0 Å². The van der Waals surface area contributed by atoms with E-state index in [1.54, 1.807) is 0 Å². The molecular weight excluding hydrogens is 300 g/mol. The van der Waals surface area contributed by atoms with E-state index >= 15 is 0 Å². The minimum Gasteiger partial charge on any atom is -0.469 e. The highest BCUT2D eigenvalue weighted by Gasteiger charge is 2.36. The van der Waals surface area contributed by atoms with Gasteiger partial charge in [-0.3, -0.25) is 4.79 Å². The first kappa shape index (κ1) is 20.7. The van der Waals surface area contributed by atoms with Gasteiger partial charge in [0.1, 0.15) is 0 Å². The maximum Gasteiger partial charge on any atom is 0.305 e. The minimum absolute atomic E-state index is 0.130. The van der Waals surface area contributed by atoms with Crippen molar-refractivity contribution in [3.8, 4) is 0 Å². The number of unbranched alkanes of at least 4 members (excludes halogenated alkanes) is 3. The molecule has 136 valence electrons. The van der Waals surface area contributed by atoms with Gasteiger partial charge in [0, 0.05) is 6.42 Å². The Morgan fingerprint density at radius 2 is 1.67 bits per heavy atom. The van der Waals surface area contributed by atoms with E-state index in [0.717, 1.165) is 32.1 Å².